The number of methoxy groups -OCH3 is 1. The summed E-state index contributed by atoms with van der Waals surface area (Å²) in [6.45, 7) is 1.67. The molecule has 0 heterocycles. The zero-order valence-corrected chi connectivity index (χ0v) is 11.3. The summed E-state index contributed by atoms with van der Waals surface area (Å²) in [6, 6.07) is 8.21. The average molecular weight is 265 g/mol. The molecule has 0 aliphatic heterocycles. The minimum Gasteiger partial charge on any atom is -0.495 e. The number of nitrogens with zero attached hydrogens (tertiary/aromatic N) is 1. The number of ether oxygens (including phenoxy) is 1. The highest BCUT2D eigenvalue weighted by Gasteiger charge is 2.42. The Bertz CT molecular complexity index is 463. The summed E-state index contributed by atoms with van der Waals surface area (Å²) in [5, 5.41) is 12.9. The van der Waals surface area contributed by atoms with E-state index in [1.165, 1.54) is 5.56 Å². The van der Waals surface area contributed by atoms with E-state index >= 15 is 0 Å². The Morgan fingerprint density at radius 2 is 2.28 bits per heavy atom. The molecule has 1 aliphatic rings. The first-order valence-electron chi connectivity index (χ1n) is 6.13. The van der Waals surface area contributed by atoms with Crippen molar-refractivity contribution in [2.24, 2.45) is 5.41 Å². The molecule has 3 nitrogen and oxygen atoms in total. The van der Waals surface area contributed by atoms with Crippen molar-refractivity contribution in [2.75, 3.05) is 20.2 Å². The predicted molar refractivity (Wildman–Crippen MR) is 71.9 cm³/mol. The zero-order valence-electron chi connectivity index (χ0n) is 10.5. The molecular weight excluding hydrogens is 248 g/mol. The van der Waals surface area contributed by atoms with Crippen LogP contribution in [-0.2, 0) is 6.42 Å². The summed E-state index contributed by atoms with van der Waals surface area (Å²) < 4.78 is 5.11. The lowest BCUT2D eigenvalue weighted by Gasteiger charge is -2.09. The van der Waals surface area contributed by atoms with Crippen molar-refractivity contribution < 1.29 is 4.74 Å². The molecule has 1 N–H and O–H groups in total. The molecule has 0 saturated heterocycles. The minimum absolute atomic E-state index is 0.0719. The molecular formula is C14H17ClN2O. The second-order valence-corrected chi connectivity index (χ2v) is 5.20. The van der Waals surface area contributed by atoms with Gasteiger partial charge in [-0.2, -0.15) is 5.26 Å². The van der Waals surface area contributed by atoms with Crippen LogP contribution in [-0.4, -0.2) is 20.2 Å². The normalized spacial score (nSPS) is 16.1. The average Bonchev–Trinajstić information content (AvgIpc) is 3.16. The first-order valence-corrected chi connectivity index (χ1v) is 6.51. The summed E-state index contributed by atoms with van der Waals surface area (Å²) in [4.78, 5) is 0. The van der Waals surface area contributed by atoms with Gasteiger partial charge < -0.3 is 10.1 Å². The molecule has 0 spiro atoms. The molecule has 96 valence electrons. The van der Waals surface area contributed by atoms with Gasteiger partial charge in [-0.25, -0.2) is 0 Å². The molecule has 2 rings (SSSR count). The van der Waals surface area contributed by atoms with Gasteiger partial charge in [-0.1, -0.05) is 17.7 Å². The van der Waals surface area contributed by atoms with Gasteiger partial charge in [0.2, 0.25) is 0 Å². The van der Waals surface area contributed by atoms with E-state index < -0.39 is 0 Å². The lowest BCUT2D eigenvalue weighted by molar-refractivity contribution is 0.415. The number of nitrogens with one attached hydrogen (secondary N) is 1. The summed E-state index contributed by atoms with van der Waals surface area (Å²) in [5.41, 5.74) is 1.10. The van der Waals surface area contributed by atoms with Gasteiger partial charge >= 0.3 is 0 Å². The molecule has 0 bridgehead atoms. The zero-order chi connectivity index (χ0) is 13.0. The van der Waals surface area contributed by atoms with E-state index in [1.54, 1.807) is 7.11 Å². The Hall–Kier alpha value is -1.24. The highest BCUT2D eigenvalue weighted by molar-refractivity contribution is 6.32. The van der Waals surface area contributed by atoms with Crippen LogP contribution in [0.4, 0.5) is 0 Å². The van der Waals surface area contributed by atoms with Crippen LogP contribution in [0.25, 0.3) is 0 Å². The Balaban J connectivity index is 1.77. The maximum absolute atomic E-state index is 8.95. The fourth-order valence-corrected chi connectivity index (χ4v) is 2.19. The fourth-order valence-electron chi connectivity index (χ4n) is 1.90. The molecule has 1 aromatic rings. The number of rotatable bonds is 6. The number of hydrogen-bond donors (Lipinski definition) is 1. The predicted octanol–water partition coefficient (Wildman–Crippen LogP) is 2.78. The summed E-state index contributed by atoms with van der Waals surface area (Å²) >= 11 is 6.06. The lowest BCUT2D eigenvalue weighted by Crippen LogP contribution is -2.25. The molecule has 1 saturated carbocycles. The van der Waals surface area contributed by atoms with Crippen molar-refractivity contribution in [1.29, 1.82) is 5.26 Å². The summed E-state index contributed by atoms with van der Waals surface area (Å²) in [7, 11) is 1.61. The van der Waals surface area contributed by atoms with E-state index in [2.05, 4.69) is 11.4 Å². The highest BCUT2D eigenvalue weighted by Crippen LogP contribution is 2.43. The van der Waals surface area contributed by atoms with E-state index in [1.807, 2.05) is 18.2 Å². The van der Waals surface area contributed by atoms with Crippen molar-refractivity contribution >= 4 is 11.6 Å². The van der Waals surface area contributed by atoms with Gasteiger partial charge in [0, 0.05) is 6.54 Å². The maximum atomic E-state index is 8.95. The highest BCUT2D eigenvalue weighted by atomic mass is 35.5. The monoisotopic (exact) mass is 264 g/mol. The van der Waals surface area contributed by atoms with Crippen molar-refractivity contribution in [3.63, 3.8) is 0 Å². The SMILES string of the molecule is COc1ccc(CCNCC2(C#N)CC2)cc1Cl. The lowest BCUT2D eigenvalue weighted by atomic mass is 10.1. The van der Waals surface area contributed by atoms with Gasteiger partial charge in [0.15, 0.2) is 0 Å². The largest absolute Gasteiger partial charge is 0.495 e. The minimum atomic E-state index is -0.0719. The third kappa shape index (κ3) is 3.16. The Kier molecular flexibility index (Phi) is 4.11. The van der Waals surface area contributed by atoms with Crippen LogP contribution >= 0.6 is 11.6 Å². The third-order valence-electron chi connectivity index (χ3n) is 3.36. The molecule has 0 amide bonds. The van der Waals surface area contributed by atoms with Gasteiger partial charge in [0.25, 0.3) is 0 Å². The smallest absolute Gasteiger partial charge is 0.137 e. The van der Waals surface area contributed by atoms with E-state index in [4.69, 9.17) is 21.6 Å². The molecule has 0 unspecified atom stereocenters. The summed E-state index contributed by atoms with van der Waals surface area (Å²) in [5.74, 6) is 0.704. The molecule has 0 atom stereocenters. The number of nitriles is 1. The van der Waals surface area contributed by atoms with Crippen molar-refractivity contribution in [2.45, 2.75) is 19.3 Å². The second-order valence-electron chi connectivity index (χ2n) is 4.79. The molecule has 4 heteroatoms. The van der Waals surface area contributed by atoms with Gasteiger partial charge in [0.1, 0.15) is 5.75 Å². The van der Waals surface area contributed by atoms with Gasteiger partial charge in [0.05, 0.1) is 23.6 Å². The number of benzene rings is 1. The molecule has 18 heavy (non-hydrogen) atoms. The van der Waals surface area contributed by atoms with Crippen LogP contribution in [0.3, 0.4) is 0 Å². The Morgan fingerprint density at radius 3 is 2.83 bits per heavy atom. The second kappa shape index (κ2) is 5.60. The molecule has 1 aliphatic carbocycles. The van der Waals surface area contributed by atoms with E-state index in [0.29, 0.717) is 10.8 Å². The topological polar surface area (TPSA) is 45.0 Å². The van der Waals surface area contributed by atoms with Gasteiger partial charge in [-0.15, -0.1) is 0 Å². The first-order chi connectivity index (χ1) is 8.69. The third-order valence-corrected chi connectivity index (χ3v) is 3.66. The molecule has 0 radical (unpaired) electrons. The first kappa shape index (κ1) is 13.2. The van der Waals surface area contributed by atoms with E-state index in [-0.39, 0.29) is 5.41 Å². The van der Waals surface area contributed by atoms with Gasteiger partial charge in [-0.3, -0.25) is 0 Å². The van der Waals surface area contributed by atoms with Crippen LogP contribution < -0.4 is 10.1 Å². The van der Waals surface area contributed by atoms with Crippen molar-refractivity contribution in [3.05, 3.63) is 28.8 Å². The van der Waals surface area contributed by atoms with Crippen LogP contribution in [0.2, 0.25) is 5.02 Å². The number of halogens is 1. The van der Waals surface area contributed by atoms with Gasteiger partial charge in [-0.05, 0) is 43.5 Å². The Morgan fingerprint density at radius 1 is 1.50 bits per heavy atom. The fraction of sp³-hybridized carbons (Fsp3) is 0.500. The van der Waals surface area contributed by atoms with Crippen LogP contribution in [0.1, 0.15) is 18.4 Å². The number of hydrogen-bond acceptors (Lipinski definition) is 3. The molecule has 1 fully saturated rings. The molecule has 0 aromatic heterocycles. The quantitative estimate of drug-likeness (QED) is 0.804. The Labute approximate surface area is 113 Å². The standard InChI is InChI=1S/C14H17ClN2O/c1-18-13-3-2-11(8-12(13)15)4-7-17-10-14(9-16)5-6-14/h2-3,8,17H,4-7,10H2,1H3. The van der Waals surface area contributed by atoms with E-state index in [9.17, 15) is 0 Å². The molecule has 1 aromatic carbocycles. The maximum Gasteiger partial charge on any atom is 0.137 e. The van der Waals surface area contributed by atoms with Crippen LogP contribution in [0, 0.1) is 16.7 Å². The van der Waals surface area contributed by atoms with E-state index in [0.717, 1.165) is 32.4 Å². The van der Waals surface area contributed by atoms with Crippen molar-refractivity contribution in [1.82, 2.24) is 5.32 Å². The van der Waals surface area contributed by atoms with Crippen molar-refractivity contribution in [3.8, 4) is 11.8 Å². The van der Waals surface area contributed by atoms with Crippen LogP contribution in [0.5, 0.6) is 5.75 Å². The summed E-state index contributed by atoms with van der Waals surface area (Å²) in [6.07, 6.45) is 2.97. The van der Waals surface area contributed by atoms with Crippen LogP contribution in [0.15, 0.2) is 18.2 Å².